The van der Waals surface area contributed by atoms with Crippen molar-refractivity contribution in [2.75, 3.05) is 0 Å². The lowest BCUT2D eigenvalue weighted by Gasteiger charge is -2.03. The molecule has 0 saturated heterocycles. The number of rotatable bonds is 3. The molecule has 3 nitrogen and oxygen atoms in total. The summed E-state index contributed by atoms with van der Waals surface area (Å²) >= 11 is 6.03. The summed E-state index contributed by atoms with van der Waals surface area (Å²) in [5.74, 6) is -0.293. The van der Waals surface area contributed by atoms with Gasteiger partial charge in [-0.05, 0) is 18.2 Å². The molecule has 0 fully saturated rings. The minimum Gasteiger partial charge on any atom is -0.370 e. The number of halogens is 1. The predicted molar refractivity (Wildman–Crippen MR) is 60.8 cm³/mol. The maximum Gasteiger partial charge on any atom is 0.219 e. The van der Waals surface area contributed by atoms with E-state index >= 15 is 0 Å². The third-order valence-corrected chi connectivity index (χ3v) is 2.69. The third-order valence-electron chi connectivity index (χ3n) is 2.36. The molecule has 0 aliphatic rings. The number of hydrogen-bond acceptors (Lipinski definition) is 1. The monoisotopic (exact) mass is 222 g/mol. The lowest BCUT2D eigenvalue weighted by molar-refractivity contribution is -0.118. The van der Waals surface area contributed by atoms with Crippen molar-refractivity contribution in [3.8, 4) is 0 Å². The van der Waals surface area contributed by atoms with Gasteiger partial charge < -0.3 is 10.3 Å². The van der Waals surface area contributed by atoms with Gasteiger partial charge in [0.2, 0.25) is 5.91 Å². The summed E-state index contributed by atoms with van der Waals surface area (Å²) < 4.78 is 1.98. The summed E-state index contributed by atoms with van der Waals surface area (Å²) in [4.78, 5) is 10.7. The van der Waals surface area contributed by atoms with E-state index in [0.717, 1.165) is 15.9 Å². The van der Waals surface area contributed by atoms with Crippen LogP contribution in [0.25, 0.3) is 10.9 Å². The minimum atomic E-state index is -0.293. The fourth-order valence-electron chi connectivity index (χ4n) is 1.61. The Hall–Kier alpha value is -1.48. The van der Waals surface area contributed by atoms with Gasteiger partial charge in [-0.15, -0.1) is 0 Å². The summed E-state index contributed by atoms with van der Waals surface area (Å²) in [6, 6.07) is 7.66. The van der Waals surface area contributed by atoms with Gasteiger partial charge in [-0.25, -0.2) is 0 Å². The first kappa shape index (κ1) is 10.1. The van der Waals surface area contributed by atoms with Crippen LogP contribution in [0.1, 0.15) is 6.42 Å². The predicted octanol–water partition coefficient (Wildman–Crippen LogP) is 2.17. The van der Waals surface area contributed by atoms with Gasteiger partial charge >= 0.3 is 0 Å². The Kier molecular flexibility index (Phi) is 2.64. The van der Waals surface area contributed by atoms with Gasteiger partial charge in [-0.3, -0.25) is 4.79 Å². The van der Waals surface area contributed by atoms with Crippen LogP contribution in [0.2, 0.25) is 5.02 Å². The summed E-state index contributed by atoms with van der Waals surface area (Å²) in [6.45, 7) is 0.596. The largest absolute Gasteiger partial charge is 0.370 e. The molecule has 0 saturated carbocycles. The standard InChI is InChI=1S/C11H11ClN2O/c12-9-2-1-3-10-8(9)4-6-14(10)7-5-11(13)15/h1-4,6H,5,7H2,(H2,13,15). The van der Waals surface area contributed by atoms with E-state index in [0.29, 0.717) is 13.0 Å². The van der Waals surface area contributed by atoms with Crippen LogP contribution >= 0.6 is 11.6 Å². The molecule has 2 rings (SSSR count). The molecule has 1 aromatic heterocycles. The Labute approximate surface area is 92.4 Å². The number of carbonyl (C=O) groups excluding carboxylic acids is 1. The highest BCUT2D eigenvalue weighted by atomic mass is 35.5. The molecule has 0 radical (unpaired) electrons. The third kappa shape index (κ3) is 1.97. The number of nitrogens with zero attached hydrogens (tertiary/aromatic N) is 1. The number of hydrogen-bond donors (Lipinski definition) is 1. The van der Waals surface area contributed by atoms with Gasteiger partial charge in [0.25, 0.3) is 0 Å². The first-order chi connectivity index (χ1) is 7.18. The van der Waals surface area contributed by atoms with Crippen LogP contribution in [0.4, 0.5) is 0 Å². The van der Waals surface area contributed by atoms with Crippen molar-refractivity contribution in [2.24, 2.45) is 5.73 Å². The SMILES string of the molecule is NC(=O)CCn1ccc2c(Cl)cccc21. The first-order valence-electron chi connectivity index (χ1n) is 4.70. The summed E-state index contributed by atoms with van der Waals surface area (Å²) in [5.41, 5.74) is 6.14. The van der Waals surface area contributed by atoms with E-state index in [-0.39, 0.29) is 5.91 Å². The smallest absolute Gasteiger partial charge is 0.219 e. The van der Waals surface area contributed by atoms with Crippen molar-refractivity contribution in [2.45, 2.75) is 13.0 Å². The van der Waals surface area contributed by atoms with Crippen LogP contribution < -0.4 is 5.73 Å². The zero-order chi connectivity index (χ0) is 10.8. The van der Waals surface area contributed by atoms with Crippen molar-refractivity contribution in [1.29, 1.82) is 0 Å². The molecule has 0 aliphatic carbocycles. The number of benzene rings is 1. The number of fused-ring (bicyclic) bond motifs is 1. The molecule has 4 heteroatoms. The highest BCUT2D eigenvalue weighted by Gasteiger charge is 2.04. The quantitative estimate of drug-likeness (QED) is 0.850. The molecule has 0 spiro atoms. The molecule has 0 atom stereocenters. The van der Waals surface area contributed by atoms with Crippen molar-refractivity contribution < 1.29 is 4.79 Å². The molecule has 0 aliphatic heterocycles. The Bertz CT molecular complexity index is 504. The van der Waals surface area contributed by atoms with Crippen LogP contribution in [-0.2, 0) is 11.3 Å². The average molecular weight is 223 g/mol. The number of aryl methyl sites for hydroxylation is 1. The zero-order valence-electron chi connectivity index (χ0n) is 8.11. The first-order valence-corrected chi connectivity index (χ1v) is 5.08. The average Bonchev–Trinajstić information content (AvgIpc) is 2.59. The summed E-state index contributed by atoms with van der Waals surface area (Å²) in [7, 11) is 0. The maximum atomic E-state index is 10.7. The number of nitrogens with two attached hydrogens (primary N) is 1. The zero-order valence-corrected chi connectivity index (χ0v) is 8.87. The molecular formula is C11H11ClN2O. The molecule has 1 amide bonds. The molecule has 15 heavy (non-hydrogen) atoms. The van der Waals surface area contributed by atoms with Crippen LogP contribution in [0, 0.1) is 0 Å². The van der Waals surface area contributed by atoms with E-state index in [1.807, 2.05) is 35.0 Å². The van der Waals surface area contributed by atoms with E-state index in [4.69, 9.17) is 17.3 Å². The molecule has 1 heterocycles. The van der Waals surface area contributed by atoms with Gasteiger partial charge in [0.15, 0.2) is 0 Å². The van der Waals surface area contributed by atoms with Crippen LogP contribution in [0.3, 0.4) is 0 Å². The normalized spacial score (nSPS) is 10.7. The van der Waals surface area contributed by atoms with Crippen molar-refractivity contribution in [3.63, 3.8) is 0 Å². The molecule has 0 bridgehead atoms. The fraction of sp³-hybridized carbons (Fsp3) is 0.182. The van der Waals surface area contributed by atoms with Crippen LogP contribution in [0.5, 0.6) is 0 Å². The van der Waals surface area contributed by atoms with E-state index in [9.17, 15) is 4.79 Å². The van der Waals surface area contributed by atoms with E-state index in [2.05, 4.69) is 0 Å². The molecule has 1 aromatic carbocycles. The van der Waals surface area contributed by atoms with Gasteiger partial charge in [0.05, 0.1) is 0 Å². The minimum absolute atomic E-state index is 0.293. The number of amides is 1. The summed E-state index contributed by atoms with van der Waals surface area (Å²) in [5, 5.41) is 1.73. The van der Waals surface area contributed by atoms with Gasteiger partial charge in [-0.1, -0.05) is 17.7 Å². The molecule has 0 unspecified atom stereocenters. The Morgan fingerprint density at radius 1 is 1.40 bits per heavy atom. The second-order valence-corrected chi connectivity index (χ2v) is 3.81. The fourth-order valence-corrected chi connectivity index (χ4v) is 1.84. The second kappa shape index (κ2) is 3.95. The van der Waals surface area contributed by atoms with Crippen LogP contribution in [-0.4, -0.2) is 10.5 Å². The molecule has 2 N–H and O–H groups in total. The van der Waals surface area contributed by atoms with E-state index < -0.39 is 0 Å². The Balaban J connectivity index is 2.37. The number of aromatic nitrogens is 1. The van der Waals surface area contributed by atoms with Crippen molar-refractivity contribution in [1.82, 2.24) is 4.57 Å². The van der Waals surface area contributed by atoms with Crippen LogP contribution in [0.15, 0.2) is 30.5 Å². The molecular weight excluding hydrogens is 212 g/mol. The lowest BCUT2D eigenvalue weighted by atomic mass is 10.2. The topological polar surface area (TPSA) is 48.0 Å². The Morgan fingerprint density at radius 2 is 2.20 bits per heavy atom. The lowest BCUT2D eigenvalue weighted by Crippen LogP contribution is -2.13. The highest BCUT2D eigenvalue weighted by Crippen LogP contribution is 2.24. The number of carbonyl (C=O) groups is 1. The maximum absolute atomic E-state index is 10.7. The van der Waals surface area contributed by atoms with Gasteiger partial charge in [-0.2, -0.15) is 0 Å². The summed E-state index contributed by atoms with van der Waals surface area (Å²) in [6.07, 6.45) is 2.26. The van der Waals surface area contributed by atoms with Gasteiger partial charge in [0, 0.05) is 35.1 Å². The number of primary amides is 1. The second-order valence-electron chi connectivity index (χ2n) is 3.40. The van der Waals surface area contributed by atoms with Gasteiger partial charge in [0.1, 0.15) is 0 Å². The Morgan fingerprint density at radius 3 is 2.93 bits per heavy atom. The van der Waals surface area contributed by atoms with E-state index in [1.54, 1.807) is 0 Å². The molecule has 2 aromatic rings. The highest BCUT2D eigenvalue weighted by molar-refractivity contribution is 6.35. The van der Waals surface area contributed by atoms with E-state index in [1.165, 1.54) is 0 Å². The molecule has 78 valence electrons. The van der Waals surface area contributed by atoms with Crippen molar-refractivity contribution >= 4 is 28.4 Å². The van der Waals surface area contributed by atoms with Crippen molar-refractivity contribution in [3.05, 3.63) is 35.5 Å².